The summed E-state index contributed by atoms with van der Waals surface area (Å²) in [6.07, 6.45) is 1.62. The van der Waals surface area contributed by atoms with Gasteiger partial charge in [0, 0.05) is 12.2 Å². The number of nitrogens with zero attached hydrogens (tertiary/aromatic N) is 2. The van der Waals surface area contributed by atoms with Crippen LogP contribution in [0.25, 0.3) is 0 Å². The highest BCUT2D eigenvalue weighted by molar-refractivity contribution is 5.11. The summed E-state index contributed by atoms with van der Waals surface area (Å²) in [6, 6.07) is 2.18. The summed E-state index contributed by atoms with van der Waals surface area (Å²) < 4.78 is 2.07. The molecule has 0 fully saturated rings. The Morgan fingerprint density at radius 3 is 2.35 bits per heavy atom. The van der Waals surface area contributed by atoms with Crippen LogP contribution in [0.5, 0.6) is 0 Å². The molecule has 1 aromatic heterocycles. The molecule has 2 unspecified atom stereocenters. The van der Waals surface area contributed by atoms with Crippen LogP contribution in [-0.2, 0) is 19.4 Å². The second kappa shape index (κ2) is 6.20. The van der Waals surface area contributed by atoms with E-state index >= 15 is 0 Å². The zero-order chi connectivity index (χ0) is 13.0. The predicted molar refractivity (Wildman–Crippen MR) is 71.0 cm³/mol. The Morgan fingerprint density at radius 2 is 1.94 bits per heavy atom. The van der Waals surface area contributed by atoms with Crippen molar-refractivity contribution in [3.05, 3.63) is 17.5 Å². The molecular weight excluding hydrogens is 212 g/mol. The van der Waals surface area contributed by atoms with Gasteiger partial charge in [-0.1, -0.05) is 20.8 Å². The van der Waals surface area contributed by atoms with Gasteiger partial charge in [0.05, 0.1) is 11.8 Å². The lowest BCUT2D eigenvalue weighted by Crippen LogP contribution is -2.25. The van der Waals surface area contributed by atoms with Crippen LogP contribution in [0.1, 0.15) is 46.0 Å². The lowest BCUT2D eigenvalue weighted by molar-refractivity contribution is 0.0963. The highest BCUT2D eigenvalue weighted by Crippen LogP contribution is 2.21. The number of aliphatic hydroxyl groups is 1. The molecule has 0 radical (unpaired) electrons. The van der Waals surface area contributed by atoms with Crippen molar-refractivity contribution in [1.82, 2.24) is 9.78 Å². The summed E-state index contributed by atoms with van der Waals surface area (Å²) in [4.78, 5) is 0. The van der Waals surface area contributed by atoms with E-state index in [2.05, 4.69) is 43.5 Å². The first-order valence-corrected chi connectivity index (χ1v) is 6.73. The summed E-state index contributed by atoms with van der Waals surface area (Å²) in [6.45, 7) is 11.4. The number of aryl methyl sites for hydroxylation is 2. The Labute approximate surface area is 105 Å². The lowest BCUT2D eigenvalue weighted by Gasteiger charge is -2.23. The molecule has 0 spiro atoms. The third kappa shape index (κ3) is 3.56. The average molecular weight is 238 g/mol. The number of aromatic nitrogens is 2. The lowest BCUT2D eigenvalue weighted by atomic mass is 9.87. The Kier molecular flexibility index (Phi) is 5.19. The highest BCUT2D eigenvalue weighted by Gasteiger charge is 2.21. The molecule has 17 heavy (non-hydrogen) atoms. The van der Waals surface area contributed by atoms with Gasteiger partial charge >= 0.3 is 0 Å². The van der Waals surface area contributed by atoms with Crippen LogP contribution in [0, 0.1) is 11.8 Å². The maximum Gasteiger partial charge on any atom is 0.0624 e. The average Bonchev–Trinajstić information content (AvgIpc) is 2.67. The smallest absolute Gasteiger partial charge is 0.0624 e. The van der Waals surface area contributed by atoms with E-state index in [0.29, 0.717) is 11.8 Å². The molecule has 0 aromatic carbocycles. The molecule has 0 aliphatic rings. The van der Waals surface area contributed by atoms with Gasteiger partial charge < -0.3 is 5.11 Å². The van der Waals surface area contributed by atoms with Gasteiger partial charge in [-0.25, -0.2) is 0 Å². The molecule has 2 atom stereocenters. The predicted octanol–water partition coefficient (Wildman–Crippen LogP) is 2.66. The molecule has 0 bridgehead atoms. The summed E-state index contributed by atoms with van der Waals surface area (Å²) in [5, 5.41) is 14.4. The fraction of sp³-hybridized carbons (Fsp3) is 0.786. The van der Waals surface area contributed by atoms with Crippen molar-refractivity contribution < 1.29 is 5.11 Å². The van der Waals surface area contributed by atoms with Crippen molar-refractivity contribution in [1.29, 1.82) is 0 Å². The van der Waals surface area contributed by atoms with Crippen molar-refractivity contribution in [2.24, 2.45) is 11.8 Å². The topological polar surface area (TPSA) is 38.0 Å². The highest BCUT2D eigenvalue weighted by atomic mass is 16.3. The molecular formula is C14H26N2O. The van der Waals surface area contributed by atoms with Crippen molar-refractivity contribution in [3.63, 3.8) is 0 Å². The van der Waals surface area contributed by atoms with E-state index in [-0.39, 0.29) is 6.10 Å². The van der Waals surface area contributed by atoms with Gasteiger partial charge in [0.1, 0.15) is 0 Å². The molecule has 3 nitrogen and oxygen atoms in total. The fourth-order valence-corrected chi connectivity index (χ4v) is 2.33. The van der Waals surface area contributed by atoms with Crippen molar-refractivity contribution in [2.45, 2.75) is 60.1 Å². The second-order valence-electron chi connectivity index (χ2n) is 5.15. The van der Waals surface area contributed by atoms with Gasteiger partial charge in [-0.15, -0.1) is 0 Å². The van der Waals surface area contributed by atoms with Crippen LogP contribution in [0.15, 0.2) is 6.07 Å². The molecule has 1 aromatic rings. The van der Waals surface area contributed by atoms with Crippen molar-refractivity contribution >= 4 is 0 Å². The van der Waals surface area contributed by atoms with Crippen molar-refractivity contribution in [2.75, 3.05) is 0 Å². The molecule has 1 N–H and O–H groups in total. The van der Waals surface area contributed by atoms with Gasteiger partial charge in [0.2, 0.25) is 0 Å². The molecule has 1 heterocycles. The summed E-state index contributed by atoms with van der Waals surface area (Å²) in [7, 11) is 0. The zero-order valence-corrected chi connectivity index (χ0v) is 11.8. The van der Waals surface area contributed by atoms with Gasteiger partial charge in [0.15, 0.2) is 0 Å². The monoisotopic (exact) mass is 238 g/mol. The van der Waals surface area contributed by atoms with Crippen LogP contribution >= 0.6 is 0 Å². The fourth-order valence-electron chi connectivity index (χ4n) is 2.33. The maximum absolute atomic E-state index is 9.84. The van der Waals surface area contributed by atoms with Crippen LogP contribution in [0.4, 0.5) is 0 Å². The Balaban J connectivity index is 2.88. The van der Waals surface area contributed by atoms with Crippen LogP contribution in [0.2, 0.25) is 0 Å². The molecule has 0 aliphatic heterocycles. The third-order valence-corrected chi connectivity index (χ3v) is 3.50. The standard InChI is InChI=1S/C14H26N2O/c1-6-12-8-13(16(7-2)15-12)9-14(10(3)4)11(5)17/h8,10-11,14,17H,6-7,9H2,1-5H3. The molecule has 0 aliphatic carbocycles. The number of rotatable bonds is 6. The Bertz CT molecular complexity index is 334. The summed E-state index contributed by atoms with van der Waals surface area (Å²) >= 11 is 0. The minimum Gasteiger partial charge on any atom is -0.393 e. The van der Waals surface area contributed by atoms with E-state index in [1.165, 1.54) is 5.69 Å². The van der Waals surface area contributed by atoms with E-state index in [9.17, 15) is 5.11 Å². The summed E-state index contributed by atoms with van der Waals surface area (Å²) in [5.74, 6) is 0.794. The number of hydrogen-bond acceptors (Lipinski definition) is 2. The van der Waals surface area contributed by atoms with E-state index in [4.69, 9.17) is 0 Å². The first-order chi connectivity index (χ1) is 7.99. The Morgan fingerprint density at radius 1 is 1.29 bits per heavy atom. The second-order valence-corrected chi connectivity index (χ2v) is 5.15. The summed E-state index contributed by atoms with van der Waals surface area (Å²) in [5.41, 5.74) is 2.40. The third-order valence-electron chi connectivity index (χ3n) is 3.50. The van der Waals surface area contributed by atoms with Crippen molar-refractivity contribution in [3.8, 4) is 0 Å². The molecule has 0 saturated heterocycles. The van der Waals surface area contributed by atoms with E-state index < -0.39 is 0 Å². The van der Waals surface area contributed by atoms with Gasteiger partial charge in [-0.2, -0.15) is 5.10 Å². The largest absolute Gasteiger partial charge is 0.393 e. The number of aliphatic hydroxyl groups excluding tert-OH is 1. The Hall–Kier alpha value is -0.830. The zero-order valence-electron chi connectivity index (χ0n) is 11.8. The number of hydrogen-bond donors (Lipinski definition) is 1. The SMILES string of the molecule is CCc1cc(CC(C(C)C)C(C)O)n(CC)n1. The minimum absolute atomic E-state index is 0.264. The quantitative estimate of drug-likeness (QED) is 0.827. The van der Waals surface area contributed by atoms with Gasteiger partial charge in [-0.3, -0.25) is 4.68 Å². The van der Waals surface area contributed by atoms with Crippen LogP contribution in [0.3, 0.4) is 0 Å². The molecule has 0 amide bonds. The molecule has 98 valence electrons. The van der Waals surface area contributed by atoms with E-state index in [1.807, 2.05) is 6.92 Å². The van der Waals surface area contributed by atoms with Crippen LogP contribution < -0.4 is 0 Å². The van der Waals surface area contributed by atoms with Gasteiger partial charge in [-0.05, 0) is 44.6 Å². The van der Waals surface area contributed by atoms with Gasteiger partial charge in [0.25, 0.3) is 0 Å². The normalized spacial score (nSPS) is 15.2. The first-order valence-electron chi connectivity index (χ1n) is 6.73. The van der Waals surface area contributed by atoms with Crippen LogP contribution in [-0.4, -0.2) is 21.0 Å². The van der Waals surface area contributed by atoms with E-state index in [1.54, 1.807) is 0 Å². The molecule has 0 saturated carbocycles. The maximum atomic E-state index is 9.84. The molecule has 3 heteroatoms. The first kappa shape index (κ1) is 14.2. The molecule has 1 rings (SSSR count). The minimum atomic E-state index is -0.264. The van der Waals surface area contributed by atoms with E-state index in [0.717, 1.165) is 25.1 Å².